The first kappa shape index (κ1) is 12.6. The van der Waals surface area contributed by atoms with E-state index in [1.54, 1.807) is 0 Å². The first-order valence-corrected chi connectivity index (χ1v) is 5.64. The molecule has 0 saturated heterocycles. The van der Waals surface area contributed by atoms with Crippen LogP contribution in [-0.4, -0.2) is 6.10 Å². The molecule has 1 rings (SSSR count). The van der Waals surface area contributed by atoms with Crippen LogP contribution in [0.2, 0.25) is 0 Å². The molecule has 0 N–H and O–H groups in total. The Bertz CT molecular complexity index is 367. The maximum atomic E-state index is 8.80. The van der Waals surface area contributed by atoms with E-state index in [2.05, 4.69) is 39.0 Å². The molecule has 0 aliphatic rings. The smallest absolute Gasteiger partial charge is 0.184 e. The van der Waals surface area contributed by atoms with E-state index >= 15 is 0 Å². The van der Waals surface area contributed by atoms with E-state index in [9.17, 15) is 0 Å². The standard InChI is InChI=1S/C14H19NO/c1-5-12(10-15)16-13-8-6-11(7-9-13)14(2,3)4/h6-9,12H,5H2,1-4H3. The van der Waals surface area contributed by atoms with Crippen molar-refractivity contribution in [3.05, 3.63) is 29.8 Å². The molecule has 86 valence electrons. The van der Waals surface area contributed by atoms with Gasteiger partial charge in [0.05, 0.1) is 0 Å². The van der Waals surface area contributed by atoms with Crippen molar-refractivity contribution in [3.63, 3.8) is 0 Å². The molecular formula is C14H19NO. The van der Waals surface area contributed by atoms with Crippen LogP contribution in [0.1, 0.15) is 39.7 Å². The van der Waals surface area contributed by atoms with Gasteiger partial charge < -0.3 is 4.74 Å². The second kappa shape index (κ2) is 5.03. The van der Waals surface area contributed by atoms with Gasteiger partial charge in [-0.2, -0.15) is 5.26 Å². The van der Waals surface area contributed by atoms with Crippen molar-refractivity contribution in [2.45, 2.75) is 45.6 Å². The monoisotopic (exact) mass is 217 g/mol. The molecule has 2 nitrogen and oxygen atoms in total. The summed E-state index contributed by atoms with van der Waals surface area (Å²) in [5.74, 6) is 0.765. The molecule has 0 spiro atoms. The van der Waals surface area contributed by atoms with Gasteiger partial charge in [0.1, 0.15) is 11.8 Å². The number of hydrogen-bond acceptors (Lipinski definition) is 2. The van der Waals surface area contributed by atoms with Crippen LogP contribution >= 0.6 is 0 Å². The van der Waals surface area contributed by atoms with Gasteiger partial charge in [-0.05, 0) is 29.5 Å². The highest BCUT2D eigenvalue weighted by atomic mass is 16.5. The molecule has 0 bridgehead atoms. The Morgan fingerprint density at radius 3 is 2.19 bits per heavy atom. The van der Waals surface area contributed by atoms with E-state index in [-0.39, 0.29) is 11.5 Å². The maximum Gasteiger partial charge on any atom is 0.184 e. The number of ether oxygens (including phenoxy) is 1. The Morgan fingerprint density at radius 1 is 1.25 bits per heavy atom. The molecule has 0 heterocycles. The predicted molar refractivity (Wildman–Crippen MR) is 65.5 cm³/mol. The lowest BCUT2D eigenvalue weighted by Gasteiger charge is -2.19. The summed E-state index contributed by atoms with van der Waals surface area (Å²) in [7, 11) is 0. The van der Waals surface area contributed by atoms with Gasteiger partial charge in [0.2, 0.25) is 0 Å². The zero-order valence-corrected chi connectivity index (χ0v) is 10.4. The SMILES string of the molecule is CCC(C#N)Oc1ccc(C(C)(C)C)cc1. The van der Waals surface area contributed by atoms with Crippen molar-refractivity contribution in [3.8, 4) is 11.8 Å². The third-order valence-electron chi connectivity index (χ3n) is 2.51. The van der Waals surface area contributed by atoms with Gasteiger partial charge >= 0.3 is 0 Å². The summed E-state index contributed by atoms with van der Waals surface area (Å²) in [5, 5.41) is 8.80. The van der Waals surface area contributed by atoms with Crippen molar-refractivity contribution in [2.24, 2.45) is 0 Å². The Kier molecular flexibility index (Phi) is 3.95. The van der Waals surface area contributed by atoms with Crippen LogP contribution in [0.3, 0.4) is 0 Å². The summed E-state index contributed by atoms with van der Waals surface area (Å²) in [6.45, 7) is 8.46. The van der Waals surface area contributed by atoms with Crippen LogP contribution < -0.4 is 4.74 Å². The van der Waals surface area contributed by atoms with Crippen molar-refractivity contribution < 1.29 is 4.74 Å². The van der Waals surface area contributed by atoms with Crippen LogP contribution in [0.15, 0.2) is 24.3 Å². The van der Waals surface area contributed by atoms with Gasteiger partial charge in [-0.1, -0.05) is 39.8 Å². The summed E-state index contributed by atoms with van der Waals surface area (Å²) in [6, 6.07) is 10.1. The van der Waals surface area contributed by atoms with Gasteiger partial charge in [-0.15, -0.1) is 0 Å². The summed E-state index contributed by atoms with van der Waals surface area (Å²) in [4.78, 5) is 0. The highest BCUT2D eigenvalue weighted by Crippen LogP contribution is 2.24. The Labute approximate surface area is 97.9 Å². The summed E-state index contributed by atoms with van der Waals surface area (Å²) in [6.07, 6.45) is 0.359. The number of nitrogens with zero attached hydrogens (tertiary/aromatic N) is 1. The lowest BCUT2D eigenvalue weighted by molar-refractivity contribution is 0.252. The topological polar surface area (TPSA) is 33.0 Å². The quantitative estimate of drug-likeness (QED) is 0.774. The minimum atomic E-state index is -0.347. The molecule has 0 radical (unpaired) electrons. The summed E-state index contributed by atoms with van der Waals surface area (Å²) in [5.41, 5.74) is 1.42. The zero-order chi connectivity index (χ0) is 12.2. The van der Waals surface area contributed by atoms with Crippen LogP contribution in [-0.2, 0) is 5.41 Å². The van der Waals surface area contributed by atoms with Crippen LogP contribution in [0.5, 0.6) is 5.75 Å². The summed E-state index contributed by atoms with van der Waals surface area (Å²) < 4.78 is 5.52. The molecule has 1 atom stereocenters. The lowest BCUT2D eigenvalue weighted by atomic mass is 9.87. The molecular weight excluding hydrogens is 198 g/mol. The van der Waals surface area contributed by atoms with Crippen molar-refractivity contribution in [1.82, 2.24) is 0 Å². The third kappa shape index (κ3) is 3.27. The minimum absolute atomic E-state index is 0.151. The van der Waals surface area contributed by atoms with E-state index in [0.717, 1.165) is 5.75 Å². The van der Waals surface area contributed by atoms with Crippen molar-refractivity contribution in [1.29, 1.82) is 5.26 Å². The number of benzene rings is 1. The maximum absolute atomic E-state index is 8.80. The number of rotatable bonds is 3. The number of nitriles is 1. The molecule has 0 saturated carbocycles. The Morgan fingerprint density at radius 2 is 1.81 bits per heavy atom. The molecule has 1 aromatic carbocycles. The molecule has 2 heteroatoms. The minimum Gasteiger partial charge on any atom is -0.476 e. The Balaban J connectivity index is 2.77. The fraction of sp³-hybridized carbons (Fsp3) is 0.500. The van der Waals surface area contributed by atoms with Crippen LogP contribution in [0.25, 0.3) is 0 Å². The normalized spacial score (nSPS) is 12.9. The predicted octanol–water partition coefficient (Wildman–Crippen LogP) is 3.67. The van der Waals surface area contributed by atoms with E-state index in [0.29, 0.717) is 6.42 Å². The molecule has 1 aromatic rings. The first-order chi connectivity index (χ1) is 7.47. The van der Waals surface area contributed by atoms with E-state index in [1.807, 2.05) is 19.1 Å². The molecule has 16 heavy (non-hydrogen) atoms. The first-order valence-electron chi connectivity index (χ1n) is 5.64. The van der Waals surface area contributed by atoms with Crippen molar-refractivity contribution in [2.75, 3.05) is 0 Å². The van der Waals surface area contributed by atoms with E-state index < -0.39 is 0 Å². The fourth-order valence-electron chi connectivity index (χ4n) is 1.40. The molecule has 0 amide bonds. The molecule has 0 fully saturated rings. The molecule has 0 aliphatic heterocycles. The largest absolute Gasteiger partial charge is 0.476 e. The average Bonchev–Trinajstić information content (AvgIpc) is 2.25. The van der Waals surface area contributed by atoms with E-state index in [1.165, 1.54) is 5.56 Å². The summed E-state index contributed by atoms with van der Waals surface area (Å²) >= 11 is 0. The average molecular weight is 217 g/mol. The second-order valence-electron chi connectivity index (χ2n) is 4.92. The van der Waals surface area contributed by atoms with Gasteiger partial charge in [-0.3, -0.25) is 0 Å². The second-order valence-corrected chi connectivity index (χ2v) is 4.92. The molecule has 0 aliphatic carbocycles. The molecule has 1 unspecified atom stereocenters. The van der Waals surface area contributed by atoms with Crippen LogP contribution in [0, 0.1) is 11.3 Å². The highest BCUT2D eigenvalue weighted by molar-refractivity contribution is 5.31. The van der Waals surface area contributed by atoms with Gasteiger partial charge in [-0.25, -0.2) is 0 Å². The van der Waals surface area contributed by atoms with E-state index in [4.69, 9.17) is 10.00 Å². The van der Waals surface area contributed by atoms with Gasteiger partial charge in [0.25, 0.3) is 0 Å². The molecule has 0 aromatic heterocycles. The zero-order valence-electron chi connectivity index (χ0n) is 10.4. The van der Waals surface area contributed by atoms with Crippen molar-refractivity contribution >= 4 is 0 Å². The van der Waals surface area contributed by atoms with Crippen LogP contribution in [0.4, 0.5) is 0 Å². The third-order valence-corrected chi connectivity index (χ3v) is 2.51. The highest BCUT2D eigenvalue weighted by Gasteiger charge is 2.13. The van der Waals surface area contributed by atoms with Gasteiger partial charge in [0.15, 0.2) is 6.10 Å². The number of hydrogen-bond donors (Lipinski definition) is 0. The van der Waals surface area contributed by atoms with Gasteiger partial charge in [0, 0.05) is 0 Å². The lowest BCUT2D eigenvalue weighted by Crippen LogP contribution is -2.13. The fourth-order valence-corrected chi connectivity index (χ4v) is 1.40. The Hall–Kier alpha value is -1.49.